The van der Waals surface area contributed by atoms with Crippen LogP contribution < -0.4 is 5.73 Å². The van der Waals surface area contributed by atoms with E-state index in [1.807, 2.05) is 0 Å². The van der Waals surface area contributed by atoms with E-state index in [0.29, 0.717) is 37.6 Å². The Balaban J connectivity index is 2.62. The Morgan fingerprint density at radius 2 is 1.72 bits per heavy atom. The molecule has 0 saturated heterocycles. The molecule has 1 heterocycles. The van der Waals surface area contributed by atoms with Gasteiger partial charge in [0.05, 0.1) is 28.0 Å². The predicted octanol–water partition coefficient (Wildman–Crippen LogP) is 3.78. The quantitative estimate of drug-likeness (QED) is 0.887. The van der Waals surface area contributed by atoms with Crippen molar-refractivity contribution in [1.82, 2.24) is 4.98 Å². The maximum atomic E-state index is 9.00. The van der Waals surface area contributed by atoms with Crippen LogP contribution in [0.5, 0.6) is 0 Å². The van der Waals surface area contributed by atoms with E-state index in [9.17, 15) is 0 Å². The van der Waals surface area contributed by atoms with E-state index in [-0.39, 0.29) is 6.61 Å². The molecule has 0 amide bonds. The van der Waals surface area contributed by atoms with Crippen LogP contribution in [0.25, 0.3) is 11.3 Å². The third-order valence-electron chi connectivity index (χ3n) is 2.40. The van der Waals surface area contributed by atoms with Crippen LogP contribution in [0.1, 0.15) is 5.56 Å². The molecule has 18 heavy (non-hydrogen) atoms. The topological polar surface area (TPSA) is 59.1 Å². The third-order valence-corrected chi connectivity index (χ3v) is 3.21. The first-order valence-electron chi connectivity index (χ1n) is 5.03. The van der Waals surface area contributed by atoms with Gasteiger partial charge in [-0.15, -0.1) is 0 Å². The second kappa shape index (κ2) is 5.33. The van der Waals surface area contributed by atoms with Crippen LogP contribution in [-0.4, -0.2) is 10.1 Å². The molecule has 0 saturated carbocycles. The Morgan fingerprint density at radius 3 is 2.22 bits per heavy atom. The SMILES string of the molecule is Nc1cc(CO)cnc1-c1c(Cl)cc(Cl)cc1Cl. The van der Waals surface area contributed by atoms with Gasteiger partial charge in [0.1, 0.15) is 0 Å². The molecule has 3 nitrogen and oxygen atoms in total. The monoisotopic (exact) mass is 302 g/mol. The van der Waals surface area contributed by atoms with Crippen molar-refractivity contribution in [1.29, 1.82) is 0 Å². The van der Waals surface area contributed by atoms with Crippen LogP contribution in [0, 0.1) is 0 Å². The molecule has 0 unspecified atom stereocenters. The molecule has 6 heteroatoms. The maximum Gasteiger partial charge on any atom is 0.0961 e. The van der Waals surface area contributed by atoms with E-state index in [0.717, 1.165) is 0 Å². The van der Waals surface area contributed by atoms with Crippen LogP contribution in [0.15, 0.2) is 24.4 Å². The lowest BCUT2D eigenvalue weighted by Gasteiger charge is -2.10. The fraction of sp³-hybridized carbons (Fsp3) is 0.0833. The van der Waals surface area contributed by atoms with E-state index in [4.69, 9.17) is 45.6 Å². The number of hydrogen-bond donors (Lipinski definition) is 2. The lowest BCUT2D eigenvalue weighted by atomic mass is 10.1. The number of nitrogen functional groups attached to an aromatic ring is 1. The first kappa shape index (κ1) is 13.4. The minimum absolute atomic E-state index is 0.125. The smallest absolute Gasteiger partial charge is 0.0961 e. The molecule has 0 aliphatic carbocycles. The number of nitrogens with two attached hydrogens (primary N) is 1. The number of aromatic nitrogens is 1. The normalized spacial score (nSPS) is 10.7. The summed E-state index contributed by atoms with van der Waals surface area (Å²) in [4.78, 5) is 4.17. The second-order valence-electron chi connectivity index (χ2n) is 3.68. The Labute approximate surface area is 119 Å². The van der Waals surface area contributed by atoms with Gasteiger partial charge in [0.15, 0.2) is 0 Å². The molecule has 2 aromatic rings. The summed E-state index contributed by atoms with van der Waals surface area (Å²) in [6, 6.07) is 4.78. The average Bonchev–Trinajstić information content (AvgIpc) is 2.29. The van der Waals surface area contributed by atoms with Crippen molar-refractivity contribution in [2.24, 2.45) is 0 Å². The van der Waals surface area contributed by atoms with E-state index >= 15 is 0 Å². The lowest BCUT2D eigenvalue weighted by molar-refractivity contribution is 0.281. The van der Waals surface area contributed by atoms with Gasteiger partial charge in [0.25, 0.3) is 0 Å². The van der Waals surface area contributed by atoms with Gasteiger partial charge in [0, 0.05) is 16.8 Å². The summed E-state index contributed by atoms with van der Waals surface area (Å²) in [7, 11) is 0. The Kier molecular flexibility index (Phi) is 3.97. The van der Waals surface area contributed by atoms with Crippen molar-refractivity contribution in [2.75, 3.05) is 5.73 Å². The van der Waals surface area contributed by atoms with Gasteiger partial charge in [-0.05, 0) is 23.8 Å². The van der Waals surface area contributed by atoms with Crippen molar-refractivity contribution in [2.45, 2.75) is 6.61 Å². The number of rotatable bonds is 2. The zero-order chi connectivity index (χ0) is 13.3. The van der Waals surface area contributed by atoms with Gasteiger partial charge >= 0.3 is 0 Å². The van der Waals surface area contributed by atoms with E-state index in [2.05, 4.69) is 4.98 Å². The van der Waals surface area contributed by atoms with Crippen molar-refractivity contribution < 1.29 is 5.11 Å². The molecule has 94 valence electrons. The molecule has 3 N–H and O–H groups in total. The first-order chi connectivity index (χ1) is 8.52. The maximum absolute atomic E-state index is 9.00. The largest absolute Gasteiger partial charge is 0.397 e. The molecule has 1 aromatic heterocycles. The molecule has 0 spiro atoms. The summed E-state index contributed by atoms with van der Waals surface area (Å²) in [5, 5.41) is 10.2. The van der Waals surface area contributed by atoms with Gasteiger partial charge in [0.2, 0.25) is 0 Å². The molecular weight excluding hydrogens is 295 g/mol. The number of pyridine rings is 1. The van der Waals surface area contributed by atoms with Crippen LogP contribution in [0.2, 0.25) is 15.1 Å². The second-order valence-corrected chi connectivity index (χ2v) is 4.93. The van der Waals surface area contributed by atoms with Crippen molar-refractivity contribution >= 4 is 40.5 Å². The summed E-state index contributed by atoms with van der Waals surface area (Å²) >= 11 is 18.0. The summed E-state index contributed by atoms with van der Waals surface area (Å²) in [6.07, 6.45) is 1.52. The first-order valence-corrected chi connectivity index (χ1v) is 6.16. The molecule has 0 fully saturated rings. The third kappa shape index (κ3) is 2.54. The Bertz CT molecular complexity index is 579. The Hall–Kier alpha value is -1.000. The lowest BCUT2D eigenvalue weighted by Crippen LogP contribution is -1.97. The highest BCUT2D eigenvalue weighted by Crippen LogP contribution is 2.38. The number of aliphatic hydroxyl groups excluding tert-OH is 1. The molecule has 0 radical (unpaired) electrons. The highest BCUT2D eigenvalue weighted by atomic mass is 35.5. The summed E-state index contributed by atoms with van der Waals surface area (Å²) < 4.78 is 0. The highest BCUT2D eigenvalue weighted by Gasteiger charge is 2.14. The van der Waals surface area contributed by atoms with Gasteiger partial charge in [-0.25, -0.2) is 0 Å². The van der Waals surface area contributed by atoms with Crippen molar-refractivity contribution in [3.63, 3.8) is 0 Å². The van der Waals surface area contributed by atoms with Gasteiger partial charge in [-0.1, -0.05) is 34.8 Å². The minimum atomic E-state index is -0.125. The standard InChI is InChI=1S/C12H9Cl3N2O/c13-7-2-8(14)11(9(15)3-7)12-10(16)1-6(5-18)4-17-12/h1-4,18H,5,16H2. The number of halogens is 3. The number of hydrogen-bond acceptors (Lipinski definition) is 3. The number of nitrogens with zero attached hydrogens (tertiary/aromatic N) is 1. The van der Waals surface area contributed by atoms with Gasteiger partial charge in [-0.3, -0.25) is 4.98 Å². The predicted molar refractivity (Wildman–Crippen MR) is 75.0 cm³/mol. The fourth-order valence-electron chi connectivity index (χ4n) is 1.59. The number of aliphatic hydroxyl groups is 1. The summed E-state index contributed by atoms with van der Waals surface area (Å²) in [6.45, 7) is -0.125. The zero-order valence-electron chi connectivity index (χ0n) is 9.12. The van der Waals surface area contributed by atoms with Crippen molar-refractivity contribution in [3.05, 3.63) is 45.0 Å². The molecule has 0 aliphatic rings. The number of anilines is 1. The molecule has 1 aromatic carbocycles. The van der Waals surface area contributed by atoms with Crippen LogP contribution >= 0.6 is 34.8 Å². The summed E-state index contributed by atoms with van der Waals surface area (Å²) in [5.74, 6) is 0. The van der Waals surface area contributed by atoms with Crippen LogP contribution in [0.3, 0.4) is 0 Å². The van der Waals surface area contributed by atoms with Crippen LogP contribution in [-0.2, 0) is 6.61 Å². The molecular formula is C12H9Cl3N2O. The Morgan fingerprint density at radius 1 is 1.11 bits per heavy atom. The molecule has 0 aliphatic heterocycles. The molecule has 0 atom stereocenters. The minimum Gasteiger partial charge on any atom is -0.397 e. The molecule has 2 rings (SSSR count). The zero-order valence-corrected chi connectivity index (χ0v) is 11.4. The van der Waals surface area contributed by atoms with E-state index < -0.39 is 0 Å². The number of benzene rings is 1. The summed E-state index contributed by atoms with van der Waals surface area (Å²) in [5.41, 5.74) is 7.90. The van der Waals surface area contributed by atoms with Crippen molar-refractivity contribution in [3.8, 4) is 11.3 Å². The molecule has 0 bridgehead atoms. The fourth-order valence-corrected chi connectivity index (χ4v) is 2.59. The average molecular weight is 304 g/mol. The highest BCUT2D eigenvalue weighted by molar-refractivity contribution is 6.41. The van der Waals surface area contributed by atoms with Crippen LogP contribution in [0.4, 0.5) is 5.69 Å². The van der Waals surface area contributed by atoms with Gasteiger partial charge in [-0.2, -0.15) is 0 Å². The van der Waals surface area contributed by atoms with E-state index in [1.54, 1.807) is 18.2 Å². The van der Waals surface area contributed by atoms with Gasteiger partial charge < -0.3 is 10.8 Å². The van der Waals surface area contributed by atoms with E-state index in [1.165, 1.54) is 6.20 Å².